The Kier molecular flexibility index (Phi) is 7.95. The van der Waals surface area contributed by atoms with Gasteiger partial charge in [-0.1, -0.05) is 69.4 Å². The fourth-order valence-electron chi connectivity index (χ4n) is 3.81. The zero-order valence-corrected chi connectivity index (χ0v) is 14.6. The van der Waals surface area contributed by atoms with Crippen LogP contribution in [0.15, 0.2) is 36.4 Å². The fourth-order valence-corrected chi connectivity index (χ4v) is 3.81. The molecule has 0 unspecified atom stereocenters. The average molecular weight is 309 g/mol. The van der Waals surface area contributed by atoms with E-state index < -0.39 is 0 Å². The molecule has 1 heteroatoms. The number of hydrogen-bond donors (Lipinski definition) is 0. The summed E-state index contributed by atoms with van der Waals surface area (Å²) in [5, 5.41) is 8.50. The molecule has 0 heterocycles. The van der Waals surface area contributed by atoms with E-state index in [1.54, 1.807) is 6.08 Å². The number of rotatable bonds is 8. The van der Waals surface area contributed by atoms with Crippen molar-refractivity contribution in [2.75, 3.05) is 0 Å². The molecule has 1 nitrogen and oxygen atoms in total. The van der Waals surface area contributed by atoms with Gasteiger partial charge in [-0.05, 0) is 55.1 Å². The van der Waals surface area contributed by atoms with Gasteiger partial charge in [-0.3, -0.25) is 0 Å². The molecule has 0 radical (unpaired) electrons. The molecule has 0 amide bonds. The molecule has 0 spiro atoms. The summed E-state index contributed by atoms with van der Waals surface area (Å²) in [5.41, 5.74) is 2.98. The van der Waals surface area contributed by atoms with E-state index in [0.717, 1.165) is 18.3 Å². The van der Waals surface area contributed by atoms with Crippen LogP contribution in [0.5, 0.6) is 0 Å². The minimum atomic E-state index is 0.892. The number of hydrogen-bond acceptors (Lipinski definition) is 1. The highest BCUT2D eigenvalue weighted by atomic mass is 14.3. The average Bonchev–Trinajstić information content (AvgIpc) is 2.59. The van der Waals surface area contributed by atoms with Crippen LogP contribution in [0.2, 0.25) is 0 Å². The quantitative estimate of drug-likeness (QED) is 0.521. The van der Waals surface area contributed by atoms with Crippen molar-refractivity contribution in [3.05, 3.63) is 47.5 Å². The van der Waals surface area contributed by atoms with E-state index in [4.69, 9.17) is 5.26 Å². The van der Waals surface area contributed by atoms with E-state index >= 15 is 0 Å². The second-order valence-electron chi connectivity index (χ2n) is 7.10. The Morgan fingerprint density at radius 3 is 2.09 bits per heavy atom. The molecule has 0 atom stereocenters. The molecule has 0 bridgehead atoms. The van der Waals surface area contributed by atoms with Gasteiger partial charge in [0.1, 0.15) is 0 Å². The zero-order valence-electron chi connectivity index (χ0n) is 14.6. The van der Waals surface area contributed by atoms with Gasteiger partial charge < -0.3 is 0 Å². The van der Waals surface area contributed by atoms with Crippen LogP contribution in [0.25, 0.3) is 0 Å². The first-order valence-corrected chi connectivity index (χ1v) is 9.44. The lowest BCUT2D eigenvalue weighted by atomic mass is 9.78. The smallest absolute Gasteiger partial charge is 0.0908 e. The van der Waals surface area contributed by atoms with Gasteiger partial charge in [0.25, 0.3) is 0 Å². The van der Waals surface area contributed by atoms with Crippen molar-refractivity contribution in [3.8, 4) is 6.07 Å². The van der Waals surface area contributed by atoms with E-state index in [0.29, 0.717) is 0 Å². The van der Waals surface area contributed by atoms with Crippen LogP contribution in [0.4, 0.5) is 0 Å². The molecule has 124 valence electrons. The Hall–Kier alpha value is -1.55. The molecular weight excluding hydrogens is 278 g/mol. The van der Waals surface area contributed by atoms with Gasteiger partial charge in [0.15, 0.2) is 0 Å². The van der Waals surface area contributed by atoms with Crippen molar-refractivity contribution < 1.29 is 0 Å². The van der Waals surface area contributed by atoms with Crippen molar-refractivity contribution in [3.63, 3.8) is 0 Å². The molecule has 2 rings (SSSR count). The van der Waals surface area contributed by atoms with E-state index in [1.807, 2.05) is 6.08 Å². The third kappa shape index (κ3) is 6.61. The van der Waals surface area contributed by atoms with Crippen LogP contribution in [0.3, 0.4) is 0 Å². The summed E-state index contributed by atoms with van der Waals surface area (Å²) < 4.78 is 0. The molecule has 1 fully saturated rings. The van der Waals surface area contributed by atoms with Crippen LogP contribution >= 0.6 is 0 Å². The van der Waals surface area contributed by atoms with E-state index in [9.17, 15) is 0 Å². The van der Waals surface area contributed by atoms with Crippen molar-refractivity contribution in [2.24, 2.45) is 11.8 Å². The Bertz CT molecular complexity index is 498. The summed E-state index contributed by atoms with van der Waals surface area (Å²) in [6.45, 7) is 2.24. The number of benzene rings is 1. The van der Waals surface area contributed by atoms with Crippen molar-refractivity contribution in [1.82, 2.24) is 0 Å². The van der Waals surface area contributed by atoms with E-state index in [-0.39, 0.29) is 0 Å². The number of nitrogens with zero attached hydrogens (tertiary/aromatic N) is 1. The van der Waals surface area contributed by atoms with Crippen LogP contribution < -0.4 is 0 Å². The van der Waals surface area contributed by atoms with E-state index in [1.165, 1.54) is 68.9 Å². The maximum absolute atomic E-state index is 8.50. The molecule has 0 saturated heterocycles. The molecule has 0 N–H and O–H groups in total. The Morgan fingerprint density at radius 1 is 0.957 bits per heavy atom. The second kappa shape index (κ2) is 10.3. The fraction of sp³-hybridized carbons (Fsp3) is 0.591. The third-order valence-corrected chi connectivity index (χ3v) is 5.30. The molecular formula is C22H31N. The number of aryl methyl sites for hydroxylation is 2. The molecule has 1 aliphatic rings. The molecule has 1 aromatic rings. The summed E-state index contributed by atoms with van der Waals surface area (Å²) in [5.74, 6) is 1.82. The van der Waals surface area contributed by atoms with Crippen LogP contribution in [0, 0.1) is 23.2 Å². The highest BCUT2D eigenvalue weighted by molar-refractivity contribution is 5.22. The van der Waals surface area contributed by atoms with E-state index in [2.05, 4.69) is 37.3 Å². The van der Waals surface area contributed by atoms with Gasteiger partial charge >= 0.3 is 0 Å². The van der Waals surface area contributed by atoms with Crippen LogP contribution in [0.1, 0.15) is 69.4 Å². The lowest BCUT2D eigenvalue weighted by molar-refractivity contribution is 0.254. The van der Waals surface area contributed by atoms with Gasteiger partial charge in [-0.25, -0.2) is 0 Å². The lowest BCUT2D eigenvalue weighted by Gasteiger charge is -2.28. The molecule has 0 aliphatic heterocycles. The van der Waals surface area contributed by atoms with Crippen LogP contribution in [-0.4, -0.2) is 0 Å². The van der Waals surface area contributed by atoms with Gasteiger partial charge in [0.2, 0.25) is 0 Å². The van der Waals surface area contributed by atoms with Gasteiger partial charge in [0, 0.05) is 6.08 Å². The second-order valence-corrected chi connectivity index (χ2v) is 7.10. The maximum atomic E-state index is 8.50. The molecule has 23 heavy (non-hydrogen) atoms. The summed E-state index contributed by atoms with van der Waals surface area (Å²) in [7, 11) is 0. The predicted octanol–water partition coefficient (Wildman–Crippen LogP) is 6.24. The zero-order chi connectivity index (χ0) is 16.3. The van der Waals surface area contributed by atoms with Crippen molar-refractivity contribution >= 4 is 0 Å². The minimum absolute atomic E-state index is 0.892. The molecule has 1 saturated carbocycles. The largest absolute Gasteiger partial charge is 0.193 e. The molecule has 1 aromatic carbocycles. The first-order chi connectivity index (χ1) is 11.3. The first kappa shape index (κ1) is 17.8. The summed E-state index contributed by atoms with van der Waals surface area (Å²) in [4.78, 5) is 0. The monoisotopic (exact) mass is 309 g/mol. The normalized spacial score (nSPS) is 21.4. The lowest BCUT2D eigenvalue weighted by Crippen LogP contribution is -2.15. The first-order valence-electron chi connectivity index (χ1n) is 9.44. The third-order valence-electron chi connectivity index (χ3n) is 5.30. The van der Waals surface area contributed by atoms with Crippen LogP contribution in [-0.2, 0) is 12.8 Å². The molecule has 1 aliphatic carbocycles. The topological polar surface area (TPSA) is 23.8 Å². The Morgan fingerprint density at radius 2 is 1.52 bits per heavy atom. The standard InChI is InChI=1S/C22H31N/c1-2-6-19-8-12-21(13-9-19)16-17-22-14-10-20(11-15-22)7-4-3-5-18-23/h3,5,8-9,12-13,20,22H,2,4,6-7,10-11,14-17H2,1H3/t20-,22-. The highest BCUT2D eigenvalue weighted by Crippen LogP contribution is 2.34. The predicted molar refractivity (Wildman–Crippen MR) is 98.2 cm³/mol. The summed E-state index contributed by atoms with van der Waals surface area (Å²) in [6, 6.07) is 11.4. The minimum Gasteiger partial charge on any atom is -0.193 e. The summed E-state index contributed by atoms with van der Waals surface area (Å²) >= 11 is 0. The van der Waals surface area contributed by atoms with Crippen molar-refractivity contribution in [1.29, 1.82) is 5.26 Å². The van der Waals surface area contributed by atoms with Crippen molar-refractivity contribution in [2.45, 2.75) is 71.1 Å². The molecule has 0 aromatic heterocycles. The number of allylic oxidation sites excluding steroid dienone is 2. The van der Waals surface area contributed by atoms with Gasteiger partial charge in [-0.2, -0.15) is 5.26 Å². The van der Waals surface area contributed by atoms with Gasteiger partial charge in [-0.15, -0.1) is 0 Å². The maximum Gasteiger partial charge on any atom is 0.0908 e. The number of nitriles is 1. The Labute approximate surface area is 142 Å². The highest BCUT2D eigenvalue weighted by Gasteiger charge is 2.20. The summed E-state index contributed by atoms with van der Waals surface area (Å²) in [6.07, 6.45) is 16.6. The SMILES string of the molecule is CCCc1ccc(CC[C@H]2CC[C@H](CCC=CC#N)CC2)cc1. The Balaban J connectivity index is 1.64. The van der Waals surface area contributed by atoms with Gasteiger partial charge in [0.05, 0.1) is 6.07 Å².